The topological polar surface area (TPSA) is 12.0 Å². The zero-order chi connectivity index (χ0) is 10.2. The highest BCUT2D eigenvalue weighted by Crippen LogP contribution is 2.55. The Kier molecular flexibility index (Phi) is 2.87. The molecule has 2 fully saturated rings. The van der Waals surface area contributed by atoms with E-state index in [1.807, 2.05) is 11.8 Å². The van der Waals surface area contributed by atoms with Gasteiger partial charge in [-0.15, -0.1) is 0 Å². The van der Waals surface area contributed by atoms with Crippen LogP contribution in [-0.4, -0.2) is 23.6 Å². The fourth-order valence-electron chi connectivity index (χ4n) is 2.69. The van der Waals surface area contributed by atoms with Crippen molar-refractivity contribution in [3.63, 3.8) is 0 Å². The van der Waals surface area contributed by atoms with Gasteiger partial charge >= 0.3 is 0 Å². The lowest BCUT2D eigenvalue weighted by atomic mass is 9.53. The van der Waals surface area contributed by atoms with E-state index in [1.165, 1.54) is 38.6 Å². The highest BCUT2D eigenvalue weighted by Gasteiger charge is 2.50. The molecule has 1 spiro atoms. The molecule has 2 aliphatic carbocycles. The number of rotatable bonds is 4. The molecule has 2 aliphatic rings. The maximum atomic E-state index is 3.78. The molecule has 0 saturated heterocycles. The summed E-state index contributed by atoms with van der Waals surface area (Å²) >= 11 is 1.97. The maximum Gasteiger partial charge on any atom is 0.0225 e. The molecule has 2 rings (SSSR count). The Labute approximate surface area is 92.4 Å². The lowest BCUT2D eigenvalue weighted by Gasteiger charge is -2.57. The van der Waals surface area contributed by atoms with E-state index in [0.29, 0.717) is 4.75 Å². The van der Waals surface area contributed by atoms with Crippen molar-refractivity contribution in [2.24, 2.45) is 5.41 Å². The molecule has 0 aromatic heterocycles. The summed E-state index contributed by atoms with van der Waals surface area (Å²) in [5.41, 5.74) is 0.758. The standard InChI is InChI=1S/C12H23NS/c1-11(2,14-3)9-13-10-5-8-12(10)6-4-7-12/h10,13H,4-9H2,1-3H3/t10-/m1/s1. The van der Waals surface area contributed by atoms with E-state index in [-0.39, 0.29) is 0 Å². The Morgan fingerprint density at radius 3 is 2.43 bits per heavy atom. The molecule has 14 heavy (non-hydrogen) atoms. The van der Waals surface area contributed by atoms with Gasteiger partial charge in [0.2, 0.25) is 0 Å². The largest absolute Gasteiger partial charge is 0.312 e. The van der Waals surface area contributed by atoms with Crippen LogP contribution in [-0.2, 0) is 0 Å². The third kappa shape index (κ3) is 1.83. The van der Waals surface area contributed by atoms with Gasteiger partial charge in [-0.3, -0.25) is 0 Å². The number of nitrogens with one attached hydrogen (secondary N) is 1. The SMILES string of the molecule is CSC(C)(C)CN[C@@H]1CCC12CCC2. The van der Waals surface area contributed by atoms with Crippen molar-refractivity contribution >= 4 is 11.8 Å². The van der Waals surface area contributed by atoms with Crippen molar-refractivity contribution in [1.29, 1.82) is 0 Å². The zero-order valence-corrected chi connectivity index (χ0v) is 10.5. The molecule has 82 valence electrons. The Hall–Kier alpha value is 0.310. The number of hydrogen-bond acceptors (Lipinski definition) is 2. The first-order valence-corrected chi connectivity index (χ1v) is 7.09. The smallest absolute Gasteiger partial charge is 0.0225 e. The summed E-state index contributed by atoms with van der Waals surface area (Å²) in [7, 11) is 0. The van der Waals surface area contributed by atoms with Gasteiger partial charge in [-0.25, -0.2) is 0 Å². The maximum absolute atomic E-state index is 3.78. The minimum atomic E-state index is 0.403. The van der Waals surface area contributed by atoms with Crippen LogP contribution < -0.4 is 5.32 Å². The molecule has 0 heterocycles. The molecule has 1 nitrogen and oxygen atoms in total. The lowest BCUT2D eigenvalue weighted by Crippen LogP contribution is -2.58. The van der Waals surface area contributed by atoms with Crippen molar-refractivity contribution in [3.8, 4) is 0 Å². The van der Waals surface area contributed by atoms with Crippen LogP contribution in [0.2, 0.25) is 0 Å². The molecule has 0 aromatic rings. The predicted molar refractivity (Wildman–Crippen MR) is 64.9 cm³/mol. The van der Waals surface area contributed by atoms with Gasteiger partial charge in [0.25, 0.3) is 0 Å². The van der Waals surface area contributed by atoms with Crippen LogP contribution in [0.3, 0.4) is 0 Å². The Morgan fingerprint density at radius 2 is 2.07 bits per heavy atom. The second-order valence-corrected chi connectivity index (χ2v) is 7.17. The lowest BCUT2D eigenvalue weighted by molar-refractivity contribution is -0.0177. The van der Waals surface area contributed by atoms with Gasteiger partial charge in [0, 0.05) is 17.3 Å². The van der Waals surface area contributed by atoms with Crippen LogP contribution in [0, 0.1) is 5.41 Å². The highest BCUT2D eigenvalue weighted by atomic mass is 32.2. The van der Waals surface area contributed by atoms with Crippen LogP contribution in [0.5, 0.6) is 0 Å². The summed E-state index contributed by atoms with van der Waals surface area (Å²) in [6.07, 6.45) is 9.58. The quantitative estimate of drug-likeness (QED) is 0.770. The van der Waals surface area contributed by atoms with E-state index in [9.17, 15) is 0 Å². The summed E-state index contributed by atoms with van der Waals surface area (Å²) in [5, 5.41) is 3.78. The fourth-order valence-corrected chi connectivity index (χ4v) is 2.91. The molecule has 0 aliphatic heterocycles. The first-order chi connectivity index (χ1) is 6.58. The zero-order valence-electron chi connectivity index (χ0n) is 9.73. The van der Waals surface area contributed by atoms with Crippen LogP contribution in [0.15, 0.2) is 0 Å². The van der Waals surface area contributed by atoms with E-state index in [1.54, 1.807) is 0 Å². The second-order valence-electron chi connectivity index (χ2n) is 5.65. The second kappa shape index (κ2) is 3.71. The van der Waals surface area contributed by atoms with Crippen LogP contribution in [0.25, 0.3) is 0 Å². The van der Waals surface area contributed by atoms with Crippen molar-refractivity contribution in [3.05, 3.63) is 0 Å². The van der Waals surface area contributed by atoms with E-state index in [4.69, 9.17) is 0 Å². The van der Waals surface area contributed by atoms with Gasteiger partial charge in [0.05, 0.1) is 0 Å². The molecule has 1 N–H and O–H groups in total. The Balaban J connectivity index is 1.76. The third-order valence-electron chi connectivity index (χ3n) is 4.35. The number of hydrogen-bond donors (Lipinski definition) is 1. The summed E-state index contributed by atoms with van der Waals surface area (Å²) in [5.74, 6) is 0. The predicted octanol–water partition coefficient (Wildman–Crippen LogP) is 3.05. The van der Waals surface area contributed by atoms with E-state index >= 15 is 0 Å². The highest BCUT2D eigenvalue weighted by molar-refractivity contribution is 7.99. The molecular weight excluding hydrogens is 190 g/mol. The van der Waals surface area contributed by atoms with Gasteiger partial charge < -0.3 is 5.32 Å². The van der Waals surface area contributed by atoms with E-state index < -0.39 is 0 Å². The molecule has 1 atom stereocenters. The summed E-state index contributed by atoms with van der Waals surface area (Å²) in [4.78, 5) is 0. The minimum absolute atomic E-state index is 0.403. The van der Waals surface area contributed by atoms with Gasteiger partial charge in [0.1, 0.15) is 0 Å². The van der Waals surface area contributed by atoms with Crippen LogP contribution >= 0.6 is 11.8 Å². The molecule has 2 saturated carbocycles. The normalized spacial score (nSPS) is 29.8. The third-order valence-corrected chi connectivity index (χ3v) is 5.60. The summed E-state index contributed by atoms with van der Waals surface area (Å²) < 4.78 is 0.403. The molecule has 0 radical (unpaired) electrons. The van der Waals surface area contributed by atoms with Gasteiger partial charge in [-0.1, -0.05) is 6.42 Å². The van der Waals surface area contributed by atoms with Crippen molar-refractivity contribution in [2.45, 2.75) is 56.7 Å². The van der Waals surface area contributed by atoms with Crippen molar-refractivity contribution in [1.82, 2.24) is 5.32 Å². The molecule has 0 unspecified atom stereocenters. The van der Waals surface area contributed by atoms with Gasteiger partial charge in [0.15, 0.2) is 0 Å². The van der Waals surface area contributed by atoms with Crippen LogP contribution in [0.4, 0.5) is 0 Å². The van der Waals surface area contributed by atoms with Crippen molar-refractivity contribution < 1.29 is 0 Å². The van der Waals surface area contributed by atoms with E-state index in [2.05, 4.69) is 25.4 Å². The monoisotopic (exact) mass is 213 g/mol. The summed E-state index contributed by atoms with van der Waals surface area (Å²) in [6, 6.07) is 0.850. The molecule has 2 heteroatoms. The van der Waals surface area contributed by atoms with Crippen LogP contribution in [0.1, 0.15) is 46.0 Å². The molecule has 0 amide bonds. The van der Waals surface area contributed by atoms with Gasteiger partial charge in [-0.05, 0) is 51.2 Å². The molecular formula is C12H23NS. The first kappa shape index (κ1) is 10.8. The van der Waals surface area contributed by atoms with Crippen molar-refractivity contribution in [2.75, 3.05) is 12.8 Å². The van der Waals surface area contributed by atoms with Gasteiger partial charge in [-0.2, -0.15) is 11.8 Å². The average Bonchev–Trinajstić information content (AvgIpc) is 2.00. The molecule has 0 aromatic carbocycles. The Morgan fingerprint density at radius 1 is 1.36 bits per heavy atom. The first-order valence-electron chi connectivity index (χ1n) is 5.87. The fraction of sp³-hybridized carbons (Fsp3) is 1.00. The Bertz CT molecular complexity index is 203. The average molecular weight is 213 g/mol. The van der Waals surface area contributed by atoms with E-state index in [0.717, 1.165) is 11.5 Å². The minimum Gasteiger partial charge on any atom is -0.312 e. The number of thioether (sulfide) groups is 1. The summed E-state index contributed by atoms with van der Waals surface area (Å²) in [6.45, 7) is 5.83. The molecule has 0 bridgehead atoms.